The Labute approximate surface area is 195 Å². The average molecular weight is 470 g/mol. The smallest absolute Gasteiger partial charge is 0.416 e. The number of ether oxygens (including phenoxy) is 2. The summed E-state index contributed by atoms with van der Waals surface area (Å²) in [7, 11) is 1.59. The van der Waals surface area contributed by atoms with Gasteiger partial charge in [0.25, 0.3) is 0 Å². The molecule has 2 atom stereocenters. The molecule has 0 bridgehead atoms. The number of hydrogen-bond acceptors (Lipinski definition) is 5. The van der Waals surface area contributed by atoms with E-state index in [0.29, 0.717) is 29.2 Å². The fourth-order valence-corrected chi connectivity index (χ4v) is 3.88. The summed E-state index contributed by atoms with van der Waals surface area (Å²) in [6, 6.07) is 17.3. The Kier molecular flexibility index (Phi) is 6.70. The third-order valence-corrected chi connectivity index (χ3v) is 5.62. The number of phenols is 1. The number of aromatic hydroxyl groups is 1. The van der Waals surface area contributed by atoms with E-state index < -0.39 is 23.9 Å². The summed E-state index contributed by atoms with van der Waals surface area (Å²) in [5, 5.41) is 17.5. The van der Waals surface area contributed by atoms with Gasteiger partial charge in [0, 0.05) is 11.3 Å². The molecule has 1 aliphatic rings. The number of phenolic OH excluding ortho intramolecular Hbond substituents is 1. The standard InChI is InChI=1S/C26H25F3N2O3/c1-3-34-23-6-4-5-20(24(23)32)22-15-21(16-9-13-19(33-2)14-10-16)30-25(31-22)17-7-11-18(12-8-17)26(27,28)29/h4-15,22,25,30-32H,3H2,1-2H3. The van der Waals surface area contributed by atoms with Crippen LogP contribution in [0.15, 0.2) is 72.8 Å². The molecule has 3 aromatic carbocycles. The van der Waals surface area contributed by atoms with Crippen molar-refractivity contribution in [3.8, 4) is 17.2 Å². The Bertz CT molecular complexity index is 1160. The monoisotopic (exact) mass is 470 g/mol. The molecule has 4 rings (SSSR count). The predicted octanol–water partition coefficient (Wildman–Crippen LogP) is 5.79. The first-order valence-electron chi connectivity index (χ1n) is 10.8. The second kappa shape index (κ2) is 9.69. The third-order valence-electron chi connectivity index (χ3n) is 5.62. The zero-order valence-electron chi connectivity index (χ0n) is 18.7. The molecule has 0 aromatic heterocycles. The molecule has 3 N–H and O–H groups in total. The van der Waals surface area contributed by atoms with Crippen molar-refractivity contribution in [2.75, 3.05) is 13.7 Å². The van der Waals surface area contributed by atoms with Crippen LogP contribution in [-0.4, -0.2) is 18.8 Å². The van der Waals surface area contributed by atoms with Crippen LogP contribution in [0.25, 0.3) is 5.70 Å². The number of rotatable bonds is 6. The van der Waals surface area contributed by atoms with Crippen LogP contribution >= 0.6 is 0 Å². The van der Waals surface area contributed by atoms with Crippen molar-refractivity contribution >= 4 is 5.70 Å². The van der Waals surface area contributed by atoms with E-state index >= 15 is 0 Å². The molecule has 0 fully saturated rings. The van der Waals surface area contributed by atoms with Gasteiger partial charge in [-0.05, 0) is 66.6 Å². The summed E-state index contributed by atoms with van der Waals surface area (Å²) in [5.74, 6) is 1.09. The third kappa shape index (κ3) is 4.97. The van der Waals surface area contributed by atoms with Crippen LogP contribution in [0.4, 0.5) is 13.2 Å². The van der Waals surface area contributed by atoms with Gasteiger partial charge < -0.3 is 19.9 Å². The Morgan fingerprint density at radius 3 is 2.29 bits per heavy atom. The highest BCUT2D eigenvalue weighted by Gasteiger charge is 2.31. The van der Waals surface area contributed by atoms with Gasteiger partial charge in [-0.3, -0.25) is 5.32 Å². The highest BCUT2D eigenvalue weighted by Crippen LogP contribution is 2.38. The Balaban J connectivity index is 1.73. The van der Waals surface area contributed by atoms with E-state index in [4.69, 9.17) is 9.47 Å². The number of methoxy groups -OCH3 is 1. The summed E-state index contributed by atoms with van der Waals surface area (Å²) < 4.78 is 49.9. The lowest BCUT2D eigenvalue weighted by Gasteiger charge is -2.33. The maximum Gasteiger partial charge on any atom is 0.416 e. The van der Waals surface area contributed by atoms with E-state index in [1.54, 1.807) is 25.3 Å². The van der Waals surface area contributed by atoms with E-state index in [-0.39, 0.29) is 5.75 Å². The lowest BCUT2D eigenvalue weighted by molar-refractivity contribution is -0.137. The minimum Gasteiger partial charge on any atom is -0.504 e. The van der Waals surface area contributed by atoms with Crippen LogP contribution in [-0.2, 0) is 6.18 Å². The SMILES string of the molecule is CCOc1cccc(C2C=C(c3ccc(OC)cc3)NC(c3ccc(C(F)(F)F)cc3)N2)c1O. The van der Waals surface area contributed by atoms with Gasteiger partial charge in [-0.15, -0.1) is 0 Å². The second-order valence-electron chi connectivity index (χ2n) is 7.78. The van der Waals surface area contributed by atoms with Crippen molar-refractivity contribution in [3.05, 3.63) is 95.1 Å². The summed E-state index contributed by atoms with van der Waals surface area (Å²) >= 11 is 0. The molecule has 0 saturated heterocycles. The van der Waals surface area contributed by atoms with Crippen LogP contribution in [0.2, 0.25) is 0 Å². The highest BCUT2D eigenvalue weighted by atomic mass is 19.4. The van der Waals surface area contributed by atoms with E-state index in [1.165, 1.54) is 12.1 Å². The van der Waals surface area contributed by atoms with E-state index in [1.807, 2.05) is 37.3 Å². The van der Waals surface area contributed by atoms with Crippen LogP contribution in [0.5, 0.6) is 17.2 Å². The van der Waals surface area contributed by atoms with Crippen LogP contribution in [0.1, 0.15) is 41.4 Å². The molecule has 8 heteroatoms. The largest absolute Gasteiger partial charge is 0.504 e. The van der Waals surface area contributed by atoms with Crippen LogP contribution < -0.4 is 20.1 Å². The summed E-state index contributed by atoms with van der Waals surface area (Å²) in [5.41, 5.74) is 2.13. The molecule has 0 radical (unpaired) electrons. The van der Waals surface area contributed by atoms with Gasteiger partial charge in [-0.25, -0.2) is 0 Å². The minimum atomic E-state index is -4.41. The average Bonchev–Trinajstić information content (AvgIpc) is 2.85. The van der Waals surface area contributed by atoms with E-state index in [0.717, 1.165) is 23.4 Å². The van der Waals surface area contributed by atoms with Crippen molar-refractivity contribution in [1.82, 2.24) is 10.6 Å². The first-order chi connectivity index (χ1) is 16.3. The summed E-state index contributed by atoms with van der Waals surface area (Å²) in [6.45, 7) is 2.23. The molecule has 3 aromatic rings. The van der Waals surface area contributed by atoms with Gasteiger partial charge in [0.1, 0.15) is 11.9 Å². The molecule has 1 aliphatic heterocycles. The number of benzene rings is 3. The van der Waals surface area contributed by atoms with Gasteiger partial charge >= 0.3 is 6.18 Å². The van der Waals surface area contributed by atoms with Gasteiger partial charge in [-0.1, -0.05) is 24.3 Å². The topological polar surface area (TPSA) is 62.8 Å². The number of halogens is 3. The second-order valence-corrected chi connectivity index (χ2v) is 7.78. The zero-order valence-corrected chi connectivity index (χ0v) is 18.7. The van der Waals surface area contributed by atoms with E-state index in [9.17, 15) is 18.3 Å². The molecule has 2 unspecified atom stereocenters. The Morgan fingerprint density at radius 2 is 1.68 bits per heavy atom. The van der Waals surface area contributed by atoms with Crippen LogP contribution in [0.3, 0.4) is 0 Å². The van der Waals surface area contributed by atoms with Crippen molar-refractivity contribution in [3.63, 3.8) is 0 Å². The zero-order chi connectivity index (χ0) is 24.3. The first kappa shape index (κ1) is 23.5. The molecule has 34 heavy (non-hydrogen) atoms. The van der Waals surface area contributed by atoms with Crippen molar-refractivity contribution < 1.29 is 27.8 Å². The lowest BCUT2D eigenvalue weighted by Crippen LogP contribution is -2.39. The number of nitrogens with one attached hydrogen (secondary N) is 2. The van der Waals surface area contributed by atoms with Gasteiger partial charge in [0.15, 0.2) is 11.5 Å². The Morgan fingerprint density at radius 1 is 0.971 bits per heavy atom. The van der Waals surface area contributed by atoms with Gasteiger partial charge in [0.05, 0.1) is 25.3 Å². The molecule has 1 heterocycles. The van der Waals surface area contributed by atoms with Crippen molar-refractivity contribution in [2.45, 2.75) is 25.3 Å². The number of alkyl halides is 3. The molecule has 178 valence electrons. The highest BCUT2D eigenvalue weighted by molar-refractivity contribution is 5.67. The number of hydrogen-bond donors (Lipinski definition) is 3. The fraction of sp³-hybridized carbons (Fsp3) is 0.231. The van der Waals surface area contributed by atoms with Crippen LogP contribution in [0, 0.1) is 0 Å². The predicted molar refractivity (Wildman–Crippen MR) is 123 cm³/mol. The first-order valence-corrected chi connectivity index (χ1v) is 10.8. The van der Waals surface area contributed by atoms with Crippen molar-refractivity contribution in [1.29, 1.82) is 0 Å². The molecule has 0 saturated carbocycles. The molecule has 0 aliphatic carbocycles. The maximum absolute atomic E-state index is 13.0. The van der Waals surface area contributed by atoms with Gasteiger partial charge in [0.2, 0.25) is 0 Å². The van der Waals surface area contributed by atoms with Gasteiger partial charge in [-0.2, -0.15) is 13.2 Å². The fourth-order valence-electron chi connectivity index (χ4n) is 3.88. The molecule has 5 nitrogen and oxygen atoms in total. The lowest BCUT2D eigenvalue weighted by atomic mass is 9.97. The summed E-state index contributed by atoms with van der Waals surface area (Å²) in [4.78, 5) is 0. The number of para-hydroxylation sites is 1. The summed E-state index contributed by atoms with van der Waals surface area (Å²) in [6.07, 6.45) is -2.99. The quantitative estimate of drug-likeness (QED) is 0.426. The van der Waals surface area contributed by atoms with E-state index in [2.05, 4.69) is 10.6 Å². The normalized spacial score (nSPS) is 18.1. The Hall–Kier alpha value is -3.65. The maximum atomic E-state index is 13.0. The molecule has 0 amide bonds. The molecular formula is C26H25F3N2O3. The van der Waals surface area contributed by atoms with Crippen molar-refractivity contribution in [2.24, 2.45) is 0 Å². The minimum absolute atomic E-state index is 0.0141. The molecule has 0 spiro atoms. The molecular weight excluding hydrogens is 445 g/mol.